The second kappa shape index (κ2) is 7.12. The summed E-state index contributed by atoms with van der Waals surface area (Å²) in [5.74, 6) is 0.830. The molecule has 0 spiro atoms. The quantitative estimate of drug-likeness (QED) is 0.592. The molecule has 1 heterocycles. The van der Waals surface area contributed by atoms with Gasteiger partial charge in [0.05, 0.1) is 25.2 Å². The Labute approximate surface area is 123 Å². The van der Waals surface area contributed by atoms with E-state index in [1.807, 2.05) is 0 Å². The fourth-order valence-electron chi connectivity index (χ4n) is 2.55. The molecule has 0 radical (unpaired) electrons. The van der Waals surface area contributed by atoms with Gasteiger partial charge in [0.2, 0.25) is 0 Å². The Hall–Kier alpha value is -2.02. The highest BCUT2D eigenvalue weighted by Gasteiger charge is 2.20. The van der Waals surface area contributed by atoms with Crippen LogP contribution in [0.15, 0.2) is 12.1 Å². The lowest BCUT2D eigenvalue weighted by Gasteiger charge is -2.14. The highest BCUT2D eigenvalue weighted by molar-refractivity contribution is 5.68. The summed E-state index contributed by atoms with van der Waals surface area (Å²) in [6.45, 7) is 1.73. The van der Waals surface area contributed by atoms with Crippen molar-refractivity contribution in [1.82, 2.24) is 5.32 Å². The van der Waals surface area contributed by atoms with Gasteiger partial charge in [-0.15, -0.1) is 0 Å². The van der Waals surface area contributed by atoms with Crippen LogP contribution in [-0.4, -0.2) is 38.3 Å². The number of benzene rings is 1. The van der Waals surface area contributed by atoms with Crippen molar-refractivity contribution in [3.63, 3.8) is 0 Å². The van der Waals surface area contributed by atoms with Gasteiger partial charge in [-0.25, -0.2) is 0 Å². The van der Waals surface area contributed by atoms with Crippen molar-refractivity contribution in [2.45, 2.75) is 25.3 Å². The summed E-state index contributed by atoms with van der Waals surface area (Å²) in [6.07, 6.45) is 3.29. The number of hydrogen-bond donors (Lipinski definition) is 2. The van der Waals surface area contributed by atoms with Crippen molar-refractivity contribution in [1.29, 1.82) is 0 Å². The van der Waals surface area contributed by atoms with Crippen LogP contribution < -0.4 is 20.1 Å². The first-order chi connectivity index (χ1) is 10.2. The number of ether oxygens (including phenoxy) is 2. The largest absolute Gasteiger partial charge is 0.493 e. The van der Waals surface area contributed by atoms with E-state index in [0.717, 1.165) is 19.4 Å². The molecule has 0 amide bonds. The van der Waals surface area contributed by atoms with Gasteiger partial charge in [0.25, 0.3) is 5.69 Å². The van der Waals surface area contributed by atoms with Crippen molar-refractivity contribution in [2.75, 3.05) is 32.6 Å². The van der Waals surface area contributed by atoms with Gasteiger partial charge in [-0.1, -0.05) is 0 Å². The van der Waals surface area contributed by atoms with Gasteiger partial charge in [0.15, 0.2) is 11.5 Å². The molecular weight excluding hydrogens is 274 g/mol. The molecule has 2 N–H and O–H groups in total. The first-order valence-electron chi connectivity index (χ1n) is 7.03. The second-order valence-corrected chi connectivity index (χ2v) is 4.99. The molecule has 0 aliphatic carbocycles. The van der Waals surface area contributed by atoms with Gasteiger partial charge in [0.1, 0.15) is 5.69 Å². The summed E-state index contributed by atoms with van der Waals surface area (Å²) in [5.41, 5.74) is 0.447. The van der Waals surface area contributed by atoms with Crippen LogP contribution in [-0.2, 0) is 0 Å². The van der Waals surface area contributed by atoms with E-state index < -0.39 is 4.92 Å². The van der Waals surface area contributed by atoms with Crippen LogP contribution >= 0.6 is 0 Å². The zero-order valence-electron chi connectivity index (χ0n) is 12.3. The maximum absolute atomic E-state index is 11.2. The number of hydrogen-bond acceptors (Lipinski definition) is 6. The fourth-order valence-corrected chi connectivity index (χ4v) is 2.55. The normalized spacial score (nSPS) is 17.5. The van der Waals surface area contributed by atoms with Crippen LogP contribution in [0.1, 0.15) is 19.3 Å². The van der Waals surface area contributed by atoms with Crippen LogP contribution in [0, 0.1) is 10.1 Å². The average Bonchev–Trinajstić information content (AvgIpc) is 2.99. The Morgan fingerprint density at radius 3 is 2.67 bits per heavy atom. The number of nitro benzene ring substituents is 1. The summed E-state index contributed by atoms with van der Waals surface area (Å²) in [4.78, 5) is 10.7. The summed E-state index contributed by atoms with van der Waals surface area (Å²) in [5, 5.41) is 17.7. The maximum atomic E-state index is 11.2. The predicted octanol–water partition coefficient (Wildman–Crippen LogP) is 2.17. The highest BCUT2D eigenvalue weighted by Crippen LogP contribution is 2.37. The van der Waals surface area contributed by atoms with Gasteiger partial charge in [0, 0.05) is 18.7 Å². The molecule has 7 nitrogen and oxygen atoms in total. The molecule has 1 fully saturated rings. The summed E-state index contributed by atoms with van der Waals surface area (Å²) >= 11 is 0. The lowest BCUT2D eigenvalue weighted by atomic mass is 10.1. The van der Waals surface area contributed by atoms with E-state index in [2.05, 4.69) is 10.6 Å². The van der Waals surface area contributed by atoms with Crippen LogP contribution in [0.3, 0.4) is 0 Å². The first-order valence-corrected chi connectivity index (χ1v) is 7.03. The van der Waals surface area contributed by atoms with E-state index in [0.29, 0.717) is 29.8 Å². The monoisotopic (exact) mass is 295 g/mol. The highest BCUT2D eigenvalue weighted by atomic mass is 16.6. The van der Waals surface area contributed by atoms with Crippen LogP contribution in [0.25, 0.3) is 0 Å². The molecule has 1 atom stereocenters. The number of nitro groups is 1. The molecule has 0 aromatic heterocycles. The number of anilines is 1. The van der Waals surface area contributed by atoms with E-state index in [4.69, 9.17) is 9.47 Å². The third-order valence-corrected chi connectivity index (χ3v) is 3.67. The zero-order chi connectivity index (χ0) is 15.2. The second-order valence-electron chi connectivity index (χ2n) is 4.99. The molecule has 0 unspecified atom stereocenters. The van der Waals surface area contributed by atoms with Gasteiger partial charge in [-0.3, -0.25) is 10.1 Å². The lowest BCUT2D eigenvalue weighted by Crippen LogP contribution is -2.24. The van der Waals surface area contributed by atoms with E-state index in [1.54, 1.807) is 6.07 Å². The number of nitrogens with zero attached hydrogens (tertiary/aromatic N) is 1. The molecule has 1 aromatic carbocycles. The van der Waals surface area contributed by atoms with Crippen molar-refractivity contribution >= 4 is 11.4 Å². The van der Waals surface area contributed by atoms with Gasteiger partial charge in [-0.05, 0) is 25.8 Å². The number of rotatable bonds is 7. The Kier molecular flexibility index (Phi) is 5.21. The van der Waals surface area contributed by atoms with Crippen molar-refractivity contribution < 1.29 is 14.4 Å². The summed E-state index contributed by atoms with van der Waals surface area (Å²) < 4.78 is 10.3. The van der Waals surface area contributed by atoms with Gasteiger partial charge in [-0.2, -0.15) is 0 Å². The molecule has 7 heteroatoms. The van der Waals surface area contributed by atoms with E-state index >= 15 is 0 Å². The van der Waals surface area contributed by atoms with Crippen LogP contribution in [0.5, 0.6) is 11.5 Å². The summed E-state index contributed by atoms with van der Waals surface area (Å²) in [7, 11) is 2.97. The van der Waals surface area contributed by atoms with Crippen LogP contribution in [0.2, 0.25) is 0 Å². The van der Waals surface area contributed by atoms with E-state index in [9.17, 15) is 10.1 Å². The molecule has 1 aliphatic heterocycles. The Bertz CT molecular complexity index is 501. The minimum Gasteiger partial charge on any atom is -0.493 e. The smallest absolute Gasteiger partial charge is 0.296 e. The lowest BCUT2D eigenvalue weighted by molar-refractivity contribution is -0.384. The van der Waals surface area contributed by atoms with Crippen molar-refractivity contribution in [2.24, 2.45) is 0 Å². The third kappa shape index (κ3) is 3.75. The molecule has 21 heavy (non-hydrogen) atoms. The molecular formula is C14H21N3O4. The minimum atomic E-state index is -0.419. The van der Waals surface area contributed by atoms with Gasteiger partial charge >= 0.3 is 0 Å². The number of methoxy groups -OCH3 is 2. The molecule has 1 aromatic rings. The van der Waals surface area contributed by atoms with E-state index in [1.165, 1.54) is 26.7 Å². The zero-order valence-corrected chi connectivity index (χ0v) is 12.3. The average molecular weight is 295 g/mol. The molecule has 1 saturated heterocycles. The molecule has 1 aliphatic rings. The van der Waals surface area contributed by atoms with Crippen molar-refractivity contribution in [3.05, 3.63) is 22.2 Å². The SMILES string of the molecule is COc1cc(NCC[C@H]2CCCN2)c([N+](=O)[O-])cc1OC. The Morgan fingerprint density at radius 2 is 2.10 bits per heavy atom. The number of nitrogens with one attached hydrogen (secondary N) is 2. The fraction of sp³-hybridized carbons (Fsp3) is 0.571. The standard InChI is InChI=1S/C14H21N3O4/c1-20-13-8-11(12(17(18)19)9-14(13)21-2)16-7-5-10-4-3-6-15-10/h8-10,15-16H,3-7H2,1-2H3/t10-/m1/s1. The molecule has 0 bridgehead atoms. The third-order valence-electron chi connectivity index (χ3n) is 3.67. The van der Waals surface area contributed by atoms with Crippen LogP contribution in [0.4, 0.5) is 11.4 Å². The minimum absolute atomic E-state index is 0.00738. The van der Waals surface area contributed by atoms with Gasteiger partial charge < -0.3 is 20.1 Å². The first kappa shape index (κ1) is 15.4. The topological polar surface area (TPSA) is 85.7 Å². The van der Waals surface area contributed by atoms with E-state index in [-0.39, 0.29) is 5.69 Å². The summed E-state index contributed by atoms with van der Waals surface area (Å²) in [6, 6.07) is 3.49. The van der Waals surface area contributed by atoms with Crippen molar-refractivity contribution in [3.8, 4) is 11.5 Å². The maximum Gasteiger partial charge on any atom is 0.296 e. The Balaban J connectivity index is 2.10. The molecule has 2 rings (SSSR count). The Morgan fingerprint density at radius 1 is 1.38 bits per heavy atom. The molecule has 0 saturated carbocycles. The molecule has 116 valence electrons. The predicted molar refractivity (Wildman–Crippen MR) is 80.3 cm³/mol.